The quantitative estimate of drug-likeness (QED) is 0.816. The molecule has 3 heteroatoms. The van der Waals surface area contributed by atoms with Crippen LogP contribution in [0.5, 0.6) is 5.75 Å². The number of methoxy groups -OCH3 is 1. The third-order valence-electron chi connectivity index (χ3n) is 3.41. The number of nitrogens with one attached hydrogen (secondary N) is 1. The van der Waals surface area contributed by atoms with E-state index in [1.54, 1.807) is 7.11 Å². The van der Waals surface area contributed by atoms with Gasteiger partial charge in [0.1, 0.15) is 5.75 Å². The van der Waals surface area contributed by atoms with E-state index in [1.807, 2.05) is 13.8 Å². The number of aliphatic hydroxyl groups excluding tert-OH is 1. The molecule has 0 aliphatic rings. The molecule has 1 aromatic rings. The molecule has 0 saturated heterocycles. The number of hydrogen-bond donors (Lipinski definition) is 2. The van der Waals surface area contributed by atoms with Crippen molar-refractivity contribution in [1.82, 2.24) is 0 Å². The minimum atomic E-state index is 0.221. The van der Waals surface area contributed by atoms with Crippen molar-refractivity contribution < 1.29 is 9.84 Å². The average molecular weight is 251 g/mol. The predicted molar refractivity (Wildman–Crippen MR) is 76.4 cm³/mol. The lowest BCUT2D eigenvalue weighted by Gasteiger charge is -2.20. The van der Waals surface area contributed by atoms with Crippen LogP contribution in [0.2, 0.25) is 0 Å². The highest BCUT2D eigenvalue weighted by atomic mass is 16.5. The Morgan fingerprint density at radius 2 is 1.78 bits per heavy atom. The van der Waals surface area contributed by atoms with Gasteiger partial charge in [-0.05, 0) is 43.0 Å². The summed E-state index contributed by atoms with van der Waals surface area (Å²) in [5.74, 6) is 1.71. The van der Waals surface area contributed by atoms with E-state index in [9.17, 15) is 5.11 Å². The van der Waals surface area contributed by atoms with Gasteiger partial charge >= 0.3 is 0 Å². The third kappa shape index (κ3) is 3.64. The summed E-state index contributed by atoms with van der Waals surface area (Å²) in [5.41, 5.74) is 3.35. The smallest absolute Gasteiger partial charge is 0.124 e. The largest absolute Gasteiger partial charge is 0.496 e. The Balaban J connectivity index is 2.74. The van der Waals surface area contributed by atoms with Gasteiger partial charge in [0.2, 0.25) is 0 Å². The number of rotatable bonds is 6. The Labute approximate surface area is 110 Å². The molecular formula is C15H25NO2. The molecule has 1 rings (SSSR count). The number of anilines is 1. The highest BCUT2D eigenvalue weighted by Gasteiger charge is 2.12. The maximum Gasteiger partial charge on any atom is 0.124 e. The molecule has 1 unspecified atom stereocenters. The highest BCUT2D eigenvalue weighted by molar-refractivity contribution is 5.55. The van der Waals surface area contributed by atoms with Crippen molar-refractivity contribution in [2.24, 2.45) is 11.8 Å². The summed E-state index contributed by atoms with van der Waals surface area (Å²) in [5, 5.41) is 12.7. The predicted octanol–water partition coefficient (Wildman–Crippen LogP) is 2.99. The Hall–Kier alpha value is -1.22. The van der Waals surface area contributed by atoms with E-state index < -0.39 is 0 Å². The van der Waals surface area contributed by atoms with Crippen molar-refractivity contribution in [2.45, 2.75) is 27.7 Å². The first-order chi connectivity index (χ1) is 8.49. The van der Waals surface area contributed by atoms with Crippen molar-refractivity contribution in [2.75, 3.05) is 25.6 Å². The topological polar surface area (TPSA) is 41.5 Å². The molecule has 0 aliphatic carbocycles. The van der Waals surface area contributed by atoms with Crippen LogP contribution in [0.25, 0.3) is 0 Å². The Morgan fingerprint density at radius 1 is 1.22 bits per heavy atom. The molecule has 0 heterocycles. The summed E-state index contributed by atoms with van der Waals surface area (Å²) < 4.78 is 5.35. The van der Waals surface area contributed by atoms with Gasteiger partial charge in [0.25, 0.3) is 0 Å². The molecule has 0 amide bonds. The van der Waals surface area contributed by atoms with Crippen LogP contribution in [0.4, 0.5) is 5.69 Å². The van der Waals surface area contributed by atoms with E-state index >= 15 is 0 Å². The minimum absolute atomic E-state index is 0.221. The SMILES string of the molecule is COc1c(C)cc(NCC(CO)C(C)C)cc1C. The van der Waals surface area contributed by atoms with Crippen LogP contribution < -0.4 is 10.1 Å². The van der Waals surface area contributed by atoms with Crippen LogP contribution in [-0.4, -0.2) is 25.4 Å². The second kappa shape index (κ2) is 6.64. The van der Waals surface area contributed by atoms with Gasteiger partial charge in [0.05, 0.1) is 7.11 Å². The van der Waals surface area contributed by atoms with E-state index in [2.05, 4.69) is 31.3 Å². The summed E-state index contributed by atoms with van der Waals surface area (Å²) in [6.07, 6.45) is 0. The van der Waals surface area contributed by atoms with Crippen LogP contribution in [0, 0.1) is 25.7 Å². The zero-order valence-corrected chi connectivity index (χ0v) is 12.1. The van der Waals surface area contributed by atoms with Crippen molar-refractivity contribution >= 4 is 5.69 Å². The molecule has 1 atom stereocenters. The normalized spacial score (nSPS) is 12.6. The number of hydrogen-bond acceptors (Lipinski definition) is 3. The third-order valence-corrected chi connectivity index (χ3v) is 3.41. The van der Waals surface area contributed by atoms with Crippen molar-refractivity contribution in [1.29, 1.82) is 0 Å². The van der Waals surface area contributed by atoms with E-state index in [4.69, 9.17) is 4.74 Å². The van der Waals surface area contributed by atoms with Crippen LogP contribution in [0.3, 0.4) is 0 Å². The molecule has 0 fully saturated rings. The fraction of sp³-hybridized carbons (Fsp3) is 0.600. The lowest BCUT2D eigenvalue weighted by atomic mass is 9.96. The van der Waals surface area contributed by atoms with Crippen molar-refractivity contribution in [3.8, 4) is 5.75 Å². The Kier molecular flexibility index (Phi) is 5.48. The zero-order valence-electron chi connectivity index (χ0n) is 12.1. The van der Waals surface area contributed by atoms with Crippen LogP contribution in [-0.2, 0) is 0 Å². The van der Waals surface area contributed by atoms with E-state index in [0.717, 1.165) is 29.1 Å². The standard InChI is InChI=1S/C15H25NO2/c1-10(2)13(9-17)8-16-14-6-11(3)15(18-5)12(4)7-14/h6-7,10,13,16-17H,8-9H2,1-5H3. The molecule has 0 aliphatic heterocycles. The molecule has 0 radical (unpaired) electrons. The van der Waals surface area contributed by atoms with E-state index in [1.165, 1.54) is 0 Å². The molecule has 0 bridgehead atoms. The molecule has 0 spiro atoms. The number of aryl methyl sites for hydroxylation is 2. The van der Waals surface area contributed by atoms with Gasteiger partial charge in [-0.3, -0.25) is 0 Å². The lowest BCUT2D eigenvalue weighted by molar-refractivity contribution is 0.198. The van der Waals surface area contributed by atoms with Crippen molar-refractivity contribution in [3.63, 3.8) is 0 Å². The average Bonchev–Trinajstić information content (AvgIpc) is 2.29. The molecule has 3 nitrogen and oxygen atoms in total. The summed E-state index contributed by atoms with van der Waals surface area (Å²) in [6, 6.07) is 4.17. The second-order valence-corrected chi connectivity index (χ2v) is 5.21. The molecule has 1 aromatic carbocycles. The number of aliphatic hydroxyl groups is 1. The molecule has 2 N–H and O–H groups in total. The summed E-state index contributed by atoms with van der Waals surface area (Å²) >= 11 is 0. The van der Waals surface area contributed by atoms with Crippen LogP contribution in [0.1, 0.15) is 25.0 Å². The van der Waals surface area contributed by atoms with Gasteiger partial charge in [-0.1, -0.05) is 13.8 Å². The second-order valence-electron chi connectivity index (χ2n) is 5.21. The molecule has 18 heavy (non-hydrogen) atoms. The van der Waals surface area contributed by atoms with Gasteiger partial charge in [0.15, 0.2) is 0 Å². The van der Waals surface area contributed by atoms with Crippen molar-refractivity contribution in [3.05, 3.63) is 23.3 Å². The van der Waals surface area contributed by atoms with E-state index in [0.29, 0.717) is 5.92 Å². The maximum absolute atomic E-state index is 9.31. The van der Waals surface area contributed by atoms with Crippen LogP contribution >= 0.6 is 0 Å². The van der Waals surface area contributed by atoms with Gasteiger partial charge in [-0.25, -0.2) is 0 Å². The molecule has 0 saturated carbocycles. The van der Waals surface area contributed by atoms with E-state index in [-0.39, 0.29) is 12.5 Å². The van der Waals surface area contributed by atoms with Gasteiger partial charge in [-0.2, -0.15) is 0 Å². The Morgan fingerprint density at radius 3 is 2.17 bits per heavy atom. The number of ether oxygens (including phenoxy) is 1. The van der Waals surface area contributed by atoms with Gasteiger partial charge < -0.3 is 15.2 Å². The zero-order chi connectivity index (χ0) is 13.7. The lowest BCUT2D eigenvalue weighted by Crippen LogP contribution is -2.23. The first-order valence-electron chi connectivity index (χ1n) is 6.49. The molecule has 0 aromatic heterocycles. The molecular weight excluding hydrogens is 226 g/mol. The van der Waals surface area contributed by atoms with Crippen LogP contribution in [0.15, 0.2) is 12.1 Å². The summed E-state index contributed by atoms with van der Waals surface area (Å²) in [6.45, 7) is 9.37. The first-order valence-corrected chi connectivity index (χ1v) is 6.49. The first kappa shape index (κ1) is 14.8. The Bertz CT molecular complexity index is 365. The minimum Gasteiger partial charge on any atom is -0.496 e. The summed E-state index contributed by atoms with van der Waals surface area (Å²) in [4.78, 5) is 0. The highest BCUT2D eigenvalue weighted by Crippen LogP contribution is 2.27. The monoisotopic (exact) mass is 251 g/mol. The maximum atomic E-state index is 9.31. The molecule has 102 valence electrons. The fourth-order valence-electron chi connectivity index (χ4n) is 2.13. The van der Waals surface area contributed by atoms with Gasteiger partial charge in [0, 0.05) is 24.8 Å². The fourth-order valence-corrected chi connectivity index (χ4v) is 2.13. The number of benzene rings is 1. The van der Waals surface area contributed by atoms with Gasteiger partial charge in [-0.15, -0.1) is 0 Å². The summed E-state index contributed by atoms with van der Waals surface area (Å²) in [7, 11) is 1.70.